The third-order valence-electron chi connectivity index (χ3n) is 6.88. The minimum atomic E-state index is -2.01. The molecule has 2 fully saturated rings. The van der Waals surface area contributed by atoms with Gasteiger partial charge in [-0.25, -0.2) is 14.3 Å². The van der Waals surface area contributed by atoms with Crippen LogP contribution in [-0.4, -0.2) is 153 Å². The predicted octanol–water partition coefficient (Wildman–Crippen LogP) is -4.48. The van der Waals surface area contributed by atoms with Gasteiger partial charge in [-0.05, 0) is 29.8 Å². The number of aliphatic hydroxyl groups is 1. The largest absolute Gasteiger partial charge is 0.477 e. The zero-order valence-corrected chi connectivity index (χ0v) is 25.6. The number of likely N-dealkylation sites (N-methyl/N-ethyl adjacent to an activating group) is 1. The first kappa shape index (κ1) is 36.4. The van der Waals surface area contributed by atoms with Crippen molar-refractivity contribution >= 4 is 59.2 Å². The minimum Gasteiger partial charge on any atom is -0.477 e. The van der Waals surface area contributed by atoms with E-state index in [2.05, 4.69) is 26.2 Å². The second-order valence-electron chi connectivity index (χ2n) is 9.41. The summed E-state index contributed by atoms with van der Waals surface area (Å²) in [5.74, 6) is -4.87. The molecule has 0 unspecified atom stereocenters. The molecule has 3 aliphatic rings. The van der Waals surface area contributed by atoms with Crippen molar-refractivity contribution in [1.82, 2.24) is 45.5 Å². The first-order valence-corrected chi connectivity index (χ1v) is 14.6. The monoisotopic (exact) mass is 663 g/mol. The second kappa shape index (κ2) is 14.3. The highest BCUT2D eigenvalue weighted by atomic mass is 32.2. The van der Waals surface area contributed by atoms with Crippen molar-refractivity contribution in [2.45, 2.75) is 42.2 Å². The van der Waals surface area contributed by atoms with Gasteiger partial charge in [0.1, 0.15) is 17.1 Å². The number of thioether (sulfide) groups is 2. The predicted molar refractivity (Wildman–Crippen MR) is 150 cm³/mol. The standard InChI is InChI=1S/C22H29N9O9S2.2H2O/c1-5-29-6-7-30(16(35)15(29)34)20(39)23-12(10(2)32)14(33)24-22(40-4)18(38)31-13(17(36)37)11(8-41-19(22)31)9-42-21-25-26-27-28(21)3;;/h10,12,19,32H,5-9H2,1-4H3,(H,23,39)(H,24,33)(H,36,37);2*1H2/t10-,12+,19+,22-;;/m0../s1. The Morgan fingerprint density at radius 2 is 1.89 bits per heavy atom. The van der Waals surface area contributed by atoms with Crippen molar-refractivity contribution in [2.75, 3.05) is 38.2 Å². The lowest BCUT2D eigenvalue weighted by Crippen LogP contribution is -2.81. The van der Waals surface area contributed by atoms with E-state index in [0.717, 1.165) is 23.8 Å². The summed E-state index contributed by atoms with van der Waals surface area (Å²) >= 11 is 2.33. The fourth-order valence-electron chi connectivity index (χ4n) is 4.60. The summed E-state index contributed by atoms with van der Waals surface area (Å²) in [5.41, 5.74) is -1.84. The summed E-state index contributed by atoms with van der Waals surface area (Å²) in [6.07, 6.45) is -1.50. The molecule has 44 heavy (non-hydrogen) atoms. The molecular weight excluding hydrogens is 630 g/mol. The number of fused-ring (bicyclic) bond motifs is 1. The third-order valence-corrected chi connectivity index (χ3v) is 9.35. The van der Waals surface area contributed by atoms with Crippen LogP contribution < -0.4 is 10.6 Å². The van der Waals surface area contributed by atoms with Gasteiger partial charge in [0, 0.05) is 45.3 Å². The molecule has 0 saturated carbocycles. The van der Waals surface area contributed by atoms with Gasteiger partial charge in [0.05, 0.1) is 6.10 Å². The fraction of sp³-hybridized carbons (Fsp3) is 0.591. The van der Waals surface area contributed by atoms with E-state index in [1.54, 1.807) is 14.0 Å². The molecule has 6 amide bonds. The second-order valence-corrected chi connectivity index (χ2v) is 11.4. The fourth-order valence-corrected chi connectivity index (χ4v) is 7.02. The minimum absolute atomic E-state index is 0. The smallest absolute Gasteiger partial charge is 0.352 e. The van der Waals surface area contributed by atoms with Crippen LogP contribution in [0, 0.1) is 0 Å². The Kier molecular flexibility index (Phi) is 11.8. The van der Waals surface area contributed by atoms with Gasteiger partial charge < -0.3 is 41.4 Å². The van der Waals surface area contributed by atoms with Crippen molar-refractivity contribution in [3.05, 3.63) is 11.3 Å². The molecule has 2 saturated heterocycles. The Labute approximate surface area is 258 Å². The van der Waals surface area contributed by atoms with E-state index in [0.29, 0.717) is 15.6 Å². The van der Waals surface area contributed by atoms with Gasteiger partial charge in [-0.1, -0.05) is 11.8 Å². The topological polar surface area (TPSA) is 292 Å². The lowest BCUT2D eigenvalue weighted by Gasteiger charge is -2.56. The number of piperazine rings is 1. The number of ether oxygens (including phenoxy) is 1. The summed E-state index contributed by atoms with van der Waals surface area (Å²) < 4.78 is 6.84. The van der Waals surface area contributed by atoms with Crippen molar-refractivity contribution in [3.8, 4) is 0 Å². The molecule has 1 aromatic rings. The number of rotatable bonds is 10. The van der Waals surface area contributed by atoms with Crippen LogP contribution in [0.5, 0.6) is 0 Å². The number of hydrogen-bond acceptors (Lipinski definition) is 13. The number of nitrogens with one attached hydrogen (secondary N) is 2. The molecule has 8 N–H and O–H groups in total. The molecule has 22 heteroatoms. The number of urea groups is 1. The van der Waals surface area contributed by atoms with Gasteiger partial charge in [0.25, 0.3) is 11.6 Å². The molecule has 4 rings (SSSR count). The summed E-state index contributed by atoms with van der Waals surface area (Å²) in [5, 5.41) is 35.5. The number of imide groups is 1. The Morgan fingerprint density at radius 3 is 2.43 bits per heavy atom. The molecule has 0 aliphatic carbocycles. The number of carbonyl (C=O) groups is 6. The number of aliphatic carboxylic acids is 1. The first-order valence-electron chi connectivity index (χ1n) is 12.6. The zero-order valence-electron chi connectivity index (χ0n) is 24.0. The van der Waals surface area contributed by atoms with Gasteiger partial charge in [-0.3, -0.25) is 29.0 Å². The summed E-state index contributed by atoms with van der Waals surface area (Å²) in [6, 6.07) is -2.74. The highest BCUT2D eigenvalue weighted by molar-refractivity contribution is 8.01. The van der Waals surface area contributed by atoms with Gasteiger partial charge in [-0.15, -0.1) is 16.9 Å². The van der Waals surface area contributed by atoms with Gasteiger partial charge in [0.15, 0.2) is 0 Å². The third kappa shape index (κ3) is 6.34. The molecule has 1 aromatic heterocycles. The maximum atomic E-state index is 13.4. The van der Waals surface area contributed by atoms with Gasteiger partial charge >= 0.3 is 23.8 Å². The highest BCUT2D eigenvalue weighted by Gasteiger charge is 2.67. The van der Waals surface area contributed by atoms with Gasteiger partial charge in [-0.2, -0.15) is 0 Å². The normalized spacial score (nSPS) is 22.7. The Balaban J connectivity index is 0.00000337. The SMILES string of the molecule is CCN1CCN(C(=O)N[C@@H](C(=O)N[C@]2(OC)C(=O)N3C(C(=O)O)=C(CSc4nnnn4C)CS[C@@H]32)[C@H](C)O)C(=O)C1=O.O.O. The van der Waals surface area contributed by atoms with E-state index in [1.807, 2.05) is 0 Å². The number of amides is 6. The molecule has 4 atom stereocenters. The number of nitrogens with zero attached hydrogens (tertiary/aromatic N) is 7. The molecule has 0 bridgehead atoms. The summed E-state index contributed by atoms with van der Waals surface area (Å²) in [4.78, 5) is 79.3. The van der Waals surface area contributed by atoms with Crippen molar-refractivity contribution in [2.24, 2.45) is 7.05 Å². The molecular formula is C22H33N9O11S2. The van der Waals surface area contributed by atoms with Crippen LogP contribution in [0.1, 0.15) is 13.8 Å². The van der Waals surface area contributed by atoms with Crippen LogP contribution >= 0.6 is 23.5 Å². The molecule has 244 valence electrons. The van der Waals surface area contributed by atoms with Crippen molar-refractivity contribution < 1.29 is 54.7 Å². The number of hydrogen-bond donors (Lipinski definition) is 4. The average Bonchev–Trinajstić information content (AvgIpc) is 3.37. The van der Waals surface area contributed by atoms with E-state index >= 15 is 0 Å². The van der Waals surface area contributed by atoms with E-state index in [9.17, 15) is 39.0 Å². The van der Waals surface area contributed by atoms with Crippen molar-refractivity contribution in [3.63, 3.8) is 0 Å². The lowest BCUT2D eigenvalue weighted by atomic mass is 9.97. The molecule has 3 aliphatic heterocycles. The molecule has 4 heterocycles. The number of carboxylic acids is 1. The highest BCUT2D eigenvalue weighted by Crippen LogP contribution is 2.47. The summed E-state index contributed by atoms with van der Waals surface area (Å²) in [6.45, 7) is 3.15. The number of aromatic nitrogens is 4. The number of methoxy groups -OCH3 is 1. The Hall–Kier alpha value is -3.83. The van der Waals surface area contributed by atoms with Gasteiger partial charge in [0.2, 0.25) is 11.1 Å². The Morgan fingerprint density at radius 1 is 1.20 bits per heavy atom. The molecule has 20 nitrogen and oxygen atoms in total. The van der Waals surface area contributed by atoms with E-state index < -0.39 is 58.9 Å². The van der Waals surface area contributed by atoms with E-state index in [1.165, 1.54) is 28.3 Å². The number of tetrazole rings is 1. The van der Waals surface area contributed by atoms with Crippen LogP contribution in [0.2, 0.25) is 0 Å². The van der Waals surface area contributed by atoms with E-state index in [-0.39, 0.29) is 47.8 Å². The zero-order chi connectivity index (χ0) is 30.9. The maximum Gasteiger partial charge on any atom is 0.352 e. The van der Waals surface area contributed by atoms with Crippen LogP contribution in [-0.2, 0) is 35.8 Å². The Bertz CT molecular complexity index is 1360. The maximum absolute atomic E-state index is 13.4. The number of carboxylic acid groups (broad SMARTS) is 1. The number of aryl methyl sites for hydroxylation is 1. The first-order chi connectivity index (χ1) is 19.9. The van der Waals surface area contributed by atoms with Crippen LogP contribution in [0.25, 0.3) is 0 Å². The van der Waals surface area contributed by atoms with Crippen molar-refractivity contribution in [1.29, 1.82) is 0 Å². The van der Waals surface area contributed by atoms with Crippen LogP contribution in [0.15, 0.2) is 16.4 Å². The summed E-state index contributed by atoms with van der Waals surface area (Å²) in [7, 11) is 2.78. The average molecular weight is 664 g/mol. The number of aliphatic hydroxyl groups excluding tert-OH is 1. The number of β-lactam (4-membered cyclic amide) rings is 1. The molecule has 0 aromatic carbocycles. The lowest BCUT2D eigenvalue weighted by molar-refractivity contribution is -0.193. The quantitative estimate of drug-likeness (QED) is 0.0794. The van der Waals surface area contributed by atoms with E-state index in [4.69, 9.17) is 4.74 Å². The number of carbonyl (C=O) groups excluding carboxylic acids is 5. The van der Waals surface area contributed by atoms with Crippen LogP contribution in [0.4, 0.5) is 4.79 Å². The molecule has 0 radical (unpaired) electrons. The van der Waals surface area contributed by atoms with Crippen LogP contribution in [0.3, 0.4) is 0 Å². The molecule has 0 spiro atoms.